The Kier molecular flexibility index (Phi) is 7.58. The first-order valence-corrected chi connectivity index (χ1v) is 11.7. The minimum absolute atomic E-state index is 0.00743. The van der Waals surface area contributed by atoms with Gasteiger partial charge < -0.3 is 44.5 Å². The summed E-state index contributed by atoms with van der Waals surface area (Å²) in [6, 6.07) is 7.99. The molecule has 2 aliphatic rings. The van der Waals surface area contributed by atoms with Crippen LogP contribution in [-0.4, -0.2) is 81.3 Å². The summed E-state index contributed by atoms with van der Waals surface area (Å²) >= 11 is 0. The summed E-state index contributed by atoms with van der Waals surface area (Å²) in [6.07, 6.45) is -0.586. The molecule has 0 aromatic heterocycles. The van der Waals surface area contributed by atoms with Gasteiger partial charge in [-0.1, -0.05) is 18.2 Å². The van der Waals surface area contributed by atoms with Crippen molar-refractivity contribution in [3.63, 3.8) is 0 Å². The molecule has 0 radical (unpaired) electrons. The number of phenols is 1. The third kappa shape index (κ3) is 5.48. The Morgan fingerprint density at radius 1 is 1.11 bits per heavy atom. The SMILES string of the molecule is COc1cc2c(c(O)c1C(=O)/C=C/c1ccc(OC3O[C@@H](CO)[C@H](O)[C@@H](O)[C@@H]3O)cc1)C=CC(C)(C)O2. The lowest BCUT2D eigenvalue weighted by Crippen LogP contribution is -2.60. The Morgan fingerprint density at radius 3 is 2.46 bits per heavy atom. The van der Waals surface area contributed by atoms with Gasteiger partial charge >= 0.3 is 0 Å². The van der Waals surface area contributed by atoms with Gasteiger partial charge in [-0.3, -0.25) is 4.79 Å². The van der Waals surface area contributed by atoms with E-state index in [4.69, 9.17) is 18.9 Å². The van der Waals surface area contributed by atoms with Crippen LogP contribution in [0.2, 0.25) is 0 Å². The fraction of sp³-hybridized carbons (Fsp3) is 0.370. The average molecular weight is 515 g/mol. The van der Waals surface area contributed by atoms with E-state index >= 15 is 0 Å². The number of ketones is 1. The molecule has 2 aromatic carbocycles. The molecule has 0 bridgehead atoms. The maximum atomic E-state index is 13.0. The van der Waals surface area contributed by atoms with Crippen LogP contribution in [0, 0.1) is 0 Å². The average Bonchev–Trinajstić information content (AvgIpc) is 2.87. The van der Waals surface area contributed by atoms with Crippen LogP contribution in [0.3, 0.4) is 0 Å². The number of hydrogen-bond donors (Lipinski definition) is 5. The van der Waals surface area contributed by atoms with Crippen LogP contribution in [0.25, 0.3) is 12.2 Å². The van der Waals surface area contributed by atoms with Gasteiger partial charge in [-0.25, -0.2) is 0 Å². The van der Waals surface area contributed by atoms with Crippen molar-refractivity contribution >= 4 is 17.9 Å². The molecule has 1 unspecified atom stereocenters. The minimum Gasteiger partial charge on any atom is -0.506 e. The molecule has 1 fully saturated rings. The molecule has 5 N–H and O–H groups in total. The predicted octanol–water partition coefficient (Wildman–Crippen LogP) is 1.66. The van der Waals surface area contributed by atoms with Gasteiger partial charge in [-0.2, -0.15) is 0 Å². The largest absolute Gasteiger partial charge is 0.506 e. The number of aliphatic hydroxyl groups excluding tert-OH is 4. The van der Waals surface area contributed by atoms with E-state index in [0.29, 0.717) is 16.9 Å². The maximum Gasteiger partial charge on any atom is 0.229 e. The Hall–Kier alpha value is -3.41. The second kappa shape index (κ2) is 10.5. The number of benzene rings is 2. The van der Waals surface area contributed by atoms with Gasteiger partial charge in [0.15, 0.2) is 5.78 Å². The number of carbonyl (C=O) groups is 1. The Balaban J connectivity index is 1.48. The van der Waals surface area contributed by atoms with Crippen LogP contribution in [0.1, 0.15) is 35.3 Å². The van der Waals surface area contributed by atoms with E-state index in [9.17, 15) is 30.3 Å². The van der Waals surface area contributed by atoms with Crippen LogP contribution in [0.15, 0.2) is 42.5 Å². The van der Waals surface area contributed by atoms with Crippen molar-refractivity contribution in [1.82, 2.24) is 0 Å². The first-order chi connectivity index (χ1) is 17.5. The van der Waals surface area contributed by atoms with Gasteiger partial charge in [-0.05, 0) is 49.8 Å². The lowest BCUT2D eigenvalue weighted by molar-refractivity contribution is -0.277. The zero-order valence-corrected chi connectivity index (χ0v) is 20.6. The number of rotatable bonds is 7. The first-order valence-electron chi connectivity index (χ1n) is 11.7. The van der Waals surface area contributed by atoms with Crippen LogP contribution < -0.4 is 14.2 Å². The summed E-state index contributed by atoms with van der Waals surface area (Å²) in [5, 5.41) is 50.0. The molecule has 0 amide bonds. The molecule has 4 rings (SSSR count). The number of ether oxygens (including phenoxy) is 4. The highest BCUT2D eigenvalue weighted by Gasteiger charge is 2.44. The highest BCUT2D eigenvalue weighted by atomic mass is 16.7. The molecule has 2 heterocycles. The number of aliphatic hydroxyl groups is 4. The molecule has 2 aromatic rings. The fourth-order valence-corrected chi connectivity index (χ4v) is 4.09. The van der Waals surface area contributed by atoms with Crippen LogP contribution in [-0.2, 0) is 4.74 Å². The van der Waals surface area contributed by atoms with E-state index in [1.165, 1.54) is 13.2 Å². The molecule has 0 saturated carbocycles. The smallest absolute Gasteiger partial charge is 0.229 e. The highest BCUT2D eigenvalue weighted by Crippen LogP contribution is 2.43. The molecule has 10 nitrogen and oxygen atoms in total. The molecule has 37 heavy (non-hydrogen) atoms. The molecule has 10 heteroatoms. The first kappa shape index (κ1) is 26.6. The van der Waals surface area contributed by atoms with Crippen molar-refractivity contribution in [3.05, 3.63) is 59.2 Å². The number of hydrogen-bond acceptors (Lipinski definition) is 10. The summed E-state index contributed by atoms with van der Waals surface area (Å²) in [5.74, 6) is 0.172. The van der Waals surface area contributed by atoms with Gasteiger partial charge in [0.1, 0.15) is 58.6 Å². The van der Waals surface area contributed by atoms with E-state index < -0.39 is 48.7 Å². The summed E-state index contributed by atoms with van der Waals surface area (Å²) in [5.41, 5.74) is 0.477. The molecule has 0 spiro atoms. The number of fused-ring (bicyclic) bond motifs is 1. The van der Waals surface area contributed by atoms with Crippen molar-refractivity contribution in [1.29, 1.82) is 0 Å². The van der Waals surface area contributed by atoms with E-state index in [2.05, 4.69) is 0 Å². The molecule has 2 aliphatic heterocycles. The predicted molar refractivity (Wildman–Crippen MR) is 133 cm³/mol. The lowest BCUT2D eigenvalue weighted by Gasteiger charge is -2.39. The topological polar surface area (TPSA) is 155 Å². The third-order valence-electron chi connectivity index (χ3n) is 6.16. The van der Waals surface area contributed by atoms with E-state index in [-0.39, 0.29) is 22.8 Å². The van der Waals surface area contributed by atoms with E-state index in [1.807, 2.05) is 13.8 Å². The number of aromatic hydroxyl groups is 1. The van der Waals surface area contributed by atoms with Gasteiger partial charge in [0.25, 0.3) is 0 Å². The van der Waals surface area contributed by atoms with Gasteiger partial charge in [0.2, 0.25) is 6.29 Å². The second-order valence-corrected chi connectivity index (χ2v) is 9.33. The zero-order chi connectivity index (χ0) is 26.9. The van der Waals surface area contributed by atoms with Gasteiger partial charge in [0.05, 0.1) is 19.3 Å². The minimum atomic E-state index is -1.55. The normalized spacial score (nSPS) is 26.4. The monoisotopic (exact) mass is 514 g/mol. The number of methoxy groups -OCH3 is 1. The van der Waals surface area contributed by atoms with Crippen LogP contribution in [0.5, 0.6) is 23.0 Å². The molecule has 5 atom stereocenters. The van der Waals surface area contributed by atoms with Crippen molar-refractivity contribution in [3.8, 4) is 23.0 Å². The Labute approximate surface area is 213 Å². The molecular weight excluding hydrogens is 484 g/mol. The van der Waals surface area contributed by atoms with Crippen molar-refractivity contribution in [2.45, 2.75) is 50.2 Å². The molecule has 0 aliphatic carbocycles. The van der Waals surface area contributed by atoms with Crippen LogP contribution >= 0.6 is 0 Å². The number of carbonyl (C=O) groups excluding carboxylic acids is 1. The summed E-state index contributed by atoms with van der Waals surface area (Å²) in [4.78, 5) is 13.0. The fourth-order valence-electron chi connectivity index (χ4n) is 4.09. The third-order valence-corrected chi connectivity index (χ3v) is 6.16. The van der Waals surface area contributed by atoms with Crippen LogP contribution in [0.4, 0.5) is 0 Å². The zero-order valence-electron chi connectivity index (χ0n) is 20.6. The highest BCUT2D eigenvalue weighted by molar-refractivity contribution is 6.11. The molecule has 1 saturated heterocycles. The standard InChI is InChI=1S/C27H30O10/c1-27(2)11-10-16-18(37-27)12-19(34-3)21(22(16)30)17(29)9-6-14-4-7-15(8-5-14)35-26-25(33)24(32)23(31)20(13-28)36-26/h4-12,20,23-26,28,30-33H,13H2,1-3H3/b9-6+/t20-,23-,24+,25-,26?/m0/s1. The van der Waals surface area contributed by atoms with E-state index in [1.54, 1.807) is 48.6 Å². The van der Waals surface area contributed by atoms with Crippen molar-refractivity contribution in [2.24, 2.45) is 0 Å². The molecule has 198 valence electrons. The number of allylic oxidation sites excluding steroid dienone is 1. The van der Waals surface area contributed by atoms with Crippen molar-refractivity contribution in [2.75, 3.05) is 13.7 Å². The molecular formula is C27H30O10. The summed E-state index contributed by atoms with van der Waals surface area (Å²) in [6.45, 7) is 3.18. The maximum absolute atomic E-state index is 13.0. The summed E-state index contributed by atoms with van der Waals surface area (Å²) in [7, 11) is 1.40. The number of phenolic OH excluding ortho intramolecular Hbond substituents is 1. The van der Waals surface area contributed by atoms with E-state index in [0.717, 1.165) is 0 Å². The van der Waals surface area contributed by atoms with Gasteiger partial charge in [0, 0.05) is 6.07 Å². The second-order valence-electron chi connectivity index (χ2n) is 9.33. The Bertz CT molecular complexity index is 1200. The van der Waals surface area contributed by atoms with Gasteiger partial charge in [-0.15, -0.1) is 0 Å². The quantitative estimate of drug-likeness (QED) is 0.272. The lowest BCUT2D eigenvalue weighted by atomic mass is 9.97. The summed E-state index contributed by atoms with van der Waals surface area (Å²) < 4.78 is 22.1. The Morgan fingerprint density at radius 2 is 1.81 bits per heavy atom. The van der Waals surface area contributed by atoms with Crippen molar-refractivity contribution < 1.29 is 49.3 Å².